The molecule has 1 aromatic rings. The second-order valence-corrected chi connectivity index (χ2v) is 8.91. The molecule has 0 atom stereocenters. The van der Waals surface area contributed by atoms with Crippen LogP contribution in [0.15, 0.2) is 12.4 Å². The topological polar surface area (TPSA) is 70.5 Å². The average Bonchev–Trinajstić information content (AvgIpc) is 3.18. The van der Waals surface area contributed by atoms with E-state index in [-0.39, 0.29) is 12.1 Å². The summed E-state index contributed by atoms with van der Waals surface area (Å²) in [6.07, 6.45) is 13.4. The summed E-state index contributed by atoms with van der Waals surface area (Å²) in [5.41, 5.74) is 0. The van der Waals surface area contributed by atoms with Gasteiger partial charge in [-0.05, 0) is 44.9 Å². The number of piperidine rings is 1. The number of aryl methyl sites for hydroxylation is 1. The van der Waals surface area contributed by atoms with Gasteiger partial charge in [-0.15, -0.1) is 0 Å². The zero-order valence-corrected chi connectivity index (χ0v) is 18.8. The molecule has 7 heteroatoms. The summed E-state index contributed by atoms with van der Waals surface area (Å²) < 4.78 is 2.09. The number of nitrogens with zero attached hydrogens (tertiary/aromatic N) is 4. The number of carbonyl (C=O) groups excluding carboxylic acids is 2. The van der Waals surface area contributed by atoms with E-state index in [9.17, 15) is 9.59 Å². The molecule has 2 fully saturated rings. The first-order valence-electron chi connectivity index (χ1n) is 11.9. The first-order chi connectivity index (χ1) is 14.6. The molecule has 2 heterocycles. The van der Waals surface area contributed by atoms with Crippen molar-refractivity contribution < 1.29 is 9.59 Å². The quantitative estimate of drug-likeness (QED) is 0.703. The predicted octanol–water partition coefficient (Wildman–Crippen LogP) is 3.57. The third kappa shape index (κ3) is 6.22. The lowest BCUT2D eigenvalue weighted by Crippen LogP contribution is -2.52. The van der Waals surface area contributed by atoms with Crippen molar-refractivity contribution in [1.82, 2.24) is 24.7 Å². The number of urea groups is 1. The van der Waals surface area contributed by atoms with Crippen LogP contribution in [-0.4, -0.2) is 63.5 Å². The molecule has 30 heavy (non-hydrogen) atoms. The van der Waals surface area contributed by atoms with Gasteiger partial charge in [0, 0.05) is 57.6 Å². The van der Waals surface area contributed by atoms with E-state index in [0.717, 1.165) is 44.7 Å². The minimum atomic E-state index is 0.0154. The van der Waals surface area contributed by atoms with Crippen molar-refractivity contribution in [3.63, 3.8) is 0 Å². The zero-order chi connectivity index (χ0) is 21.3. The normalized spacial score (nSPS) is 18.4. The molecule has 1 saturated heterocycles. The Kier molecular flexibility index (Phi) is 8.58. The summed E-state index contributed by atoms with van der Waals surface area (Å²) >= 11 is 0. The van der Waals surface area contributed by atoms with Crippen molar-refractivity contribution in [3.05, 3.63) is 18.2 Å². The third-order valence-electron chi connectivity index (χ3n) is 6.74. The molecule has 0 unspecified atom stereocenters. The Balaban J connectivity index is 1.53. The van der Waals surface area contributed by atoms with E-state index in [0.29, 0.717) is 31.3 Å². The average molecular weight is 418 g/mol. The molecule has 7 nitrogen and oxygen atoms in total. The molecule has 3 amide bonds. The highest BCUT2D eigenvalue weighted by Gasteiger charge is 2.30. The number of rotatable bonds is 8. The number of hydrogen-bond donors (Lipinski definition) is 1. The zero-order valence-electron chi connectivity index (χ0n) is 18.8. The summed E-state index contributed by atoms with van der Waals surface area (Å²) in [6.45, 7) is 7.67. The number of likely N-dealkylation sites (tertiary alicyclic amines) is 1. The maximum atomic E-state index is 12.8. The Labute approximate surface area is 181 Å². The largest absolute Gasteiger partial charge is 0.343 e. The molecule has 1 saturated carbocycles. The fraction of sp³-hybridized carbons (Fsp3) is 0.783. The van der Waals surface area contributed by atoms with Gasteiger partial charge in [-0.25, -0.2) is 9.78 Å². The molecule has 1 aliphatic carbocycles. The minimum absolute atomic E-state index is 0.0154. The van der Waals surface area contributed by atoms with Gasteiger partial charge in [0.25, 0.3) is 0 Å². The Hall–Kier alpha value is -2.05. The third-order valence-corrected chi connectivity index (χ3v) is 6.74. The van der Waals surface area contributed by atoms with Crippen LogP contribution in [0.1, 0.15) is 70.5 Å². The smallest absolute Gasteiger partial charge is 0.317 e. The molecule has 168 valence electrons. The number of aromatic nitrogens is 2. The van der Waals surface area contributed by atoms with Gasteiger partial charge in [0.2, 0.25) is 5.91 Å². The fourth-order valence-electron chi connectivity index (χ4n) is 4.83. The Morgan fingerprint density at radius 1 is 1.17 bits per heavy atom. The van der Waals surface area contributed by atoms with Crippen LogP contribution >= 0.6 is 0 Å². The molecule has 1 aromatic heterocycles. The monoisotopic (exact) mass is 417 g/mol. The first-order valence-corrected chi connectivity index (χ1v) is 11.9. The number of carbonyl (C=O) groups is 2. The molecule has 0 aromatic carbocycles. The van der Waals surface area contributed by atoms with Gasteiger partial charge in [-0.1, -0.05) is 26.2 Å². The van der Waals surface area contributed by atoms with E-state index in [1.54, 1.807) is 6.20 Å². The first kappa shape index (κ1) is 22.6. The maximum absolute atomic E-state index is 12.8. The van der Waals surface area contributed by atoms with Crippen LogP contribution in [0.25, 0.3) is 0 Å². The van der Waals surface area contributed by atoms with Crippen LogP contribution in [0.2, 0.25) is 0 Å². The predicted molar refractivity (Wildman–Crippen MR) is 118 cm³/mol. The Bertz CT molecular complexity index is 675. The molecule has 0 bridgehead atoms. The minimum Gasteiger partial charge on any atom is -0.343 e. The van der Waals surface area contributed by atoms with Crippen LogP contribution in [0.4, 0.5) is 4.79 Å². The van der Waals surface area contributed by atoms with Crippen LogP contribution in [-0.2, 0) is 11.3 Å². The van der Waals surface area contributed by atoms with E-state index in [4.69, 9.17) is 0 Å². The summed E-state index contributed by atoms with van der Waals surface area (Å²) in [5, 5.41) is 3.04. The second-order valence-electron chi connectivity index (χ2n) is 8.91. The molecule has 1 N–H and O–H groups in total. The van der Waals surface area contributed by atoms with Crippen LogP contribution in [0, 0.1) is 12.8 Å². The lowest BCUT2D eigenvalue weighted by atomic mass is 9.86. The fourth-order valence-corrected chi connectivity index (χ4v) is 4.83. The SMILES string of the molecule is CCCNC(=O)N(CCn1ccnc1C)C1CCN(C(=O)CC2CCCCC2)CC1. The Morgan fingerprint density at radius 2 is 1.90 bits per heavy atom. The molecule has 1 aliphatic heterocycles. The highest BCUT2D eigenvalue weighted by molar-refractivity contribution is 5.77. The van der Waals surface area contributed by atoms with Gasteiger partial charge in [-0.3, -0.25) is 4.79 Å². The standard InChI is InChI=1S/C23H39N5O2/c1-3-11-25-23(30)28(17-16-26-15-12-24-19(26)2)21-9-13-27(14-10-21)22(29)18-20-7-5-4-6-8-20/h12,15,20-21H,3-11,13-14,16-18H2,1-2H3,(H,25,30). The van der Waals surface area contributed by atoms with Crippen molar-refractivity contribution in [2.45, 2.75) is 84.2 Å². The molecule has 2 aliphatic rings. The number of amides is 3. The summed E-state index contributed by atoms with van der Waals surface area (Å²) in [6, 6.07) is 0.200. The lowest BCUT2D eigenvalue weighted by Gasteiger charge is -2.39. The van der Waals surface area contributed by atoms with E-state index in [1.807, 2.05) is 22.9 Å². The molecular formula is C23H39N5O2. The van der Waals surface area contributed by atoms with Crippen LogP contribution in [0.3, 0.4) is 0 Å². The molecule has 0 spiro atoms. The Morgan fingerprint density at radius 3 is 2.53 bits per heavy atom. The highest BCUT2D eigenvalue weighted by Crippen LogP contribution is 2.27. The van der Waals surface area contributed by atoms with Crippen molar-refractivity contribution in [1.29, 1.82) is 0 Å². The molecule has 3 rings (SSSR count). The molecular weight excluding hydrogens is 378 g/mol. The van der Waals surface area contributed by atoms with Gasteiger partial charge in [0.05, 0.1) is 0 Å². The van der Waals surface area contributed by atoms with E-state index < -0.39 is 0 Å². The van der Waals surface area contributed by atoms with Gasteiger partial charge in [-0.2, -0.15) is 0 Å². The number of imidazole rings is 1. The maximum Gasteiger partial charge on any atom is 0.317 e. The highest BCUT2D eigenvalue weighted by atomic mass is 16.2. The van der Waals surface area contributed by atoms with E-state index in [1.165, 1.54) is 32.1 Å². The number of nitrogens with one attached hydrogen (secondary N) is 1. The summed E-state index contributed by atoms with van der Waals surface area (Å²) in [5.74, 6) is 1.86. The van der Waals surface area contributed by atoms with Gasteiger partial charge in [0.1, 0.15) is 5.82 Å². The van der Waals surface area contributed by atoms with Gasteiger partial charge in [0.15, 0.2) is 0 Å². The van der Waals surface area contributed by atoms with E-state index >= 15 is 0 Å². The van der Waals surface area contributed by atoms with Gasteiger partial charge < -0.3 is 19.7 Å². The number of hydrogen-bond acceptors (Lipinski definition) is 3. The van der Waals surface area contributed by atoms with Gasteiger partial charge >= 0.3 is 6.03 Å². The van der Waals surface area contributed by atoms with Crippen molar-refractivity contribution in [2.75, 3.05) is 26.2 Å². The molecule has 0 radical (unpaired) electrons. The van der Waals surface area contributed by atoms with Crippen molar-refractivity contribution in [2.24, 2.45) is 5.92 Å². The second kappa shape index (κ2) is 11.4. The van der Waals surface area contributed by atoms with Crippen LogP contribution in [0.5, 0.6) is 0 Å². The lowest BCUT2D eigenvalue weighted by molar-refractivity contribution is -0.133. The van der Waals surface area contributed by atoms with Crippen molar-refractivity contribution in [3.8, 4) is 0 Å². The summed E-state index contributed by atoms with van der Waals surface area (Å²) in [4.78, 5) is 33.9. The van der Waals surface area contributed by atoms with E-state index in [2.05, 4.69) is 21.8 Å². The van der Waals surface area contributed by atoms with Crippen LogP contribution < -0.4 is 5.32 Å². The summed E-state index contributed by atoms with van der Waals surface area (Å²) in [7, 11) is 0. The van der Waals surface area contributed by atoms with Crippen molar-refractivity contribution >= 4 is 11.9 Å².